The fraction of sp³-hybridized carbons (Fsp3) is 0.333. The number of carbonyl (C=O) groups is 1. The quantitative estimate of drug-likeness (QED) is 0.888. The van der Waals surface area contributed by atoms with Crippen LogP contribution in [0.1, 0.15) is 13.3 Å². The van der Waals surface area contributed by atoms with E-state index in [4.69, 9.17) is 0 Å². The molecule has 3 rings (SSSR count). The van der Waals surface area contributed by atoms with Crippen LogP contribution < -0.4 is 10.6 Å². The van der Waals surface area contributed by atoms with Crippen LogP contribution in [0.5, 0.6) is 0 Å². The topological polar surface area (TPSA) is 54.0 Å². The van der Waals surface area contributed by atoms with E-state index in [9.17, 15) is 4.79 Å². The predicted molar refractivity (Wildman–Crippen MR) is 83.6 cm³/mol. The zero-order chi connectivity index (χ0) is 14.1. The molecule has 20 heavy (non-hydrogen) atoms. The van der Waals surface area contributed by atoms with Crippen LogP contribution in [-0.4, -0.2) is 23.5 Å². The first-order chi connectivity index (χ1) is 9.65. The summed E-state index contributed by atoms with van der Waals surface area (Å²) in [5.41, 5.74) is 1.60. The molecule has 1 aliphatic rings. The van der Waals surface area contributed by atoms with E-state index in [1.165, 1.54) is 0 Å². The van der Waals surface area contributed by atoms with Crippen molar-refractivity contribution in [2.24, 2.45) is 5.92 Å². The van der Waals surface area contributed by atoms with Gasteiger partial charge in [0.2, 0.25) is 5.91 Å². The van der Waals surface area contributed by atoms with Crippen LogP contribution in [0.15, 0.2) is 34.9 Å². The molecule has 0 radical (unpaired) electrons. The fourth-order valence-corrected chi connectivity index (χ4v) is 3.03. The van der Waals surface area contributed by atoms with Crippen molar-refractivity contribution in [3.8, 4) is 0 Å². The summed E-state index contributed by atoms with van der Waals surface area (Å²) in [4.78, 5) is 16.7. The Bertz CT molecular complexity index is 659. The smallest absolute Gasteiger partial charge is 0.229 e. The lowest BCUT2D eigenvalue weighted by atomic mass is 10.0. The van der Waals surface area contributed by atoms with Crippen molar-refractivity contribution < 1.29 is 4.79 Å². The van der Waals surface area contributed by atoms with Crippen LogP contribution in [0.25, 0.3) is 10.9 Å². The van der Waals surface area contributed by atoms with E-state index in [-0.39, 0.29) is 17.9 Å². The summed E-state index contributed by atoms with van der Waals surface area (Å²) in [6, 6.07) is 8.05. The van der Waals surface area contributed by atoms with Gasteiger partial charge in [-0.1, -0.05) is 12.1 Å². The summed E-state index contributed by atoms with van der Waals surface area (Å²) >= 11 is 3.41. The van der Waals surface area contributed by atoms with E-state index in [0.29, 0.717) is 0 Å². The van der Waals surface area contributed by atoms with Gasteiger partial charge in [0.05, 0.1) is 17.1 Å². The Morgan fingerprint density at radius 1 is 1.50 bits per heavy atom. The first kappa shape index (κ1) is 13.5. The number of rotatable bonds is 2. The van der Waals surface area contributed by atoms with Crippen LogP contribution in [0.2, 0.25) is 0 Å². The fourth-order valence-electron chi connectivity index (χ4n) is 2.68. The minimum absolute atomic E-state index is 0.0284. The second-order valence-corrected chi connectivity index (χ2v) is 6.07. The number of hydrogen-bond donors (Lipinski definition) is 2. The van der Waals surface area contributed by atoms with Crippen LogP contribution >= 0.6 is 15.9 Å². The molecule has 1 fully saturated rings. The number of hydrogen-bond acceptors (Lipinski definition) is 3. The molecule has 2 heterocycles. The Morgan fingerprint density at radius 2 is 2.35 bits per heavy atom. The van der Waals surface area contributed by atoms with E-state index in [1.54, 1.807) is 6.20 Å². The van der Waals surface area contributed by atoms with E-state index >= 15 is 0 Å². The molecule has 1 saturated heterocycles. The van der Waals surface area contributed by atoms with Gasteiger partial charge in [0.25, 0.3) is 0 Å². The number of amides is 1. The first-order valence-electron chi connectivity index (χ1n) is 6.73. The monoisotopic (exact) mass is 333 g/mol. The second-order valence-electron chi connectivity index (χ2n) is 5.16. The Kier molecular flexibility index (Phi) is 3.72. The molecule has 2 unspecified atom stereocenters. The van der Waals surface area contributed by atoms with Crippen molar-refractivity contribution in [1.29, 1.82) is 0 Å². The molecule has 0 saturated carbocycles. The molecular weight excluding hydrogens is 318 g/mol. The molecule has 1 amide bonds. The van der Waals surface area contributed by atoms with E-state index in [0.717, 1.165) is 34.0 Å². The molecule has 1 aliphatic heterocycles. The highest BCUT2D eigenvalue weighted by molar-refractivity contribution is 9.10. The largest absolute Gasteiger partial charge is 0.324 e. The normalized spacial score (nSPS) is 22.1. The van der Waals surface area contributed by atoms with Crippen molar-refractivity contribution in [2.45, 2.75) is 19.4 Å². The van der Waals surface area contributed by atoms with Gasteiger partial charge >= 0.3 is 0 Å². The van der Waals surface area contributed by atoms with Gasteiger partial charge in [-0.2, -0.15) is 0 Å². The molecule has 1 aromatic heterocycles. The number of carbonyl (C=O) groups excluding carboxylic acids is 1. The zero-order valence-corrected chi connectivity index (χ0v) is 12.8. The number of para-hydroxylation sites is 1. The van der Waals surface area contributed by atoms with Gasteiger partial charge in [-0.05, 0) is 48.0 Å². The first-order valence-corrected chi connectivity index (χ1v) is 7.53. The molecule has 2 N–H and O–H groups in total. The minimum atomic E-state index is 0.0284. The number of nitrogens with zero attached hydrogens (tertiary/aromatic N) is 1. The van der Waals surface area contributed by atoms with Gasteiger partial charge in [-0.15, -0.1) is 0 Å². The third kappa shape index (κ3) is 2.55. The standard InChI is InChI=1S/C15H16BrN3O/c1-9-12(5-6-17-9)15(20)19-13-4-2-3-10-7-11(16)8-18-14(10)13/h2-4,7-9,12,17H,5-6H2,1H3,(H,19,20). The molecule has 4 nitrogen and oxygen atoms in total. The third-order valence-electron chi connectivity index (χ3n) is 3.80. The minimum Gasteiger partial charge on any atom is -0.324 e. The van der Waals surface area contributed by atoms with Crippen molar-refractivity contribution in [1.82, 2.24) is 10.3 Å². The predicted octanol–water partition coefficient (Wildman–Crippen LogP) is 2.93. The molecule has 0 aliphatic carbocycles. The van der Waals surface area contributed by atoms with E-state index in [2.05, 4.69) is 38.5 Å². The van der Waals surface area contributed by atoms with Gasteiger partial charge in [0.15, 0.2) is 0 Å². The third-order valence-corrected chi connectivity index (χ3v) is 4.23. The number of halogens is 1. The number of nitrogens with one attached hydrogen (secondary N) is 2. The average molecular weight is 334 g/mol. The van der Waals surface area contributed by atoms with Crippen LogP contribution in [-0.2, 0) is 4.79 Å². The second kappa shape index (κ2) is 5.50. The molecular formula is C15H16BrN3O. The van der Waals surface area contributed by atoms with Crippen molar-refractivity contribution in [3.63, 3.8) is 0 Å². The Balaban J connectivity index is 1.89. The Hall–Kier alpha value is -1.46. The lowest BCUT2D eigenvalue weighted by molar-refractivity contribution is -0.119. The maximum absolute atomic E-state index is 12.3. The molecule has 0 spiro atoms. The zero-order valence-electron chi connectivity index (χ0n) is 11.2. The van der Waals surface area contributed by atoms with Gasteiger partial charge in [-0.25, -0.2) is 0 Å². The lowest BCUT2D eigenvalue weighted by Crippen LogP contribution is -2.32. The van der Waals surface area contributed by atoms with Crippen LogP contribution in [0.4, 0.5) is 5.69 Å². The number of anilines is 1. The highest BCUT2D eigenvalue weighted by Crippen LogP contribution is 2.25. The van der Waals surface area contributed by atoms with Gasteiger partial charge in [-0.3, -0.25) is 9.78 Å². The summed E-state index contributed by atoms with van der Waals surface area (Å²) in [5, 5.41) is 7.33. The summed E-state index contributed by atoms with van der Waals surface area (Å²) in [6.45, 7) is 2.95. The van der Waals surface area contributed by atoms with E-state index in [1.807, 2.05) is 24.3 Å². The van der Waals surface area contributed by atoms with Crippen molar-refractivity contribution in [2.75, 3.05) is 11.9 Å². The molecule has 5 heteroatoms. The maximum atomic E-state index is 12.3. The molecule has 104 valence electrons. The number of benzene rings is 1. The van der Waals surface area contributed by atoms with E-state index < -0.39 is 0 Å². The Morgan fingerprint density at radius 3 is 3.10 bits per heavy atom. The summed E-state index contributed by atoms with van der Waals surface area (Å²) in [7, 11) is 0. The van der Waals surface area contributed by atoms with Crippen molar-refractivity contribution in [3.05, 3.63) is 34.9 Å². The summed E-state index contributed by atoms with van der Waals surface area (Å²) in [6.07, 6.45) is 2.63. The van der Waals surface area contributed by atoms with Crippen LogP contribution in [0, 0.1) is 5.92 Å². The molecule has 0 bridgehead atoms. The number of aromatic nitrogens is 1. The average Bonchev–Trinajstić information content (AvgIpc) is 2.85. The SMILES string of the molecule is CC1NCCC1C(=O)Nc1cccc2cc(Br)cnc12. The summed E-state index contributed by atoms with van der Waals surface area (Å²) < 4.78 is 0.932. The number of fused-ring (bicyclic) bond motifs is 1. The molecule has 2 atom stereocenters. The van der Waals surface area contributed by atoms with Crippen LogP contribution in [0.3, 0.4) is 0 Å². The Labute approximate surface area is 126 Å². The maximum Gasteiger partial charge on any atom is 0.229 e. The highest BCUT2D eigenvalue weighted by Gasteiger charge is 2.29. The number of pyridine rings is 1. The summed E-state index contributed by atoms with van der Waals surface area (Å²) in [5.74, 6) is 0.0976. The molecule has 1 aromatic carbocycles. The lowest BCUT2D eigenvalue weighted by Gasteiger charge is -2.15. The van der Waals surface area contributed by atoms with Gasteiger partial charge in [0, 0.05) is 22.1 Å². The van der Waals surface area contributed by atoms with Gasteiger partial charge in [0.1, 0.15) is 0 Å². The molecule has 2 aromatic rings. The highest BCUT2D eigenvalue weighted by atomic mass is 79.9. The van der Waals surface area contributed by atoms with Crippen molar-refractivity contribution >= 4 is 38.4 Å². The van der Waals surface area contributed by atoms with Gasteiger partial charge < -0.3 is 10.6 Å².